The molecule has 0 aliphatic carbocycles. The highest BCUT2D eigenvalue weighted by Gasteiger charge is 2.14. The Balaban J connectivity index is 2.10. The molecular formula is C12H12N6O2. The van der Waals surface area contributed by atoms with E-state index < -0.39 is 0 Å². The lowest BCUT2D eigenvalue weighted by Gasteiger charge is -2.03. The van der Waals surface area contributed by atoms with Crippen LogP contribution in [0.2, 0.25) is 0 Å². The summed E-state index contributed by atoms with van der Waals surface area (Å²) in [5, 5.41) is 8.43. The Morgan fingerprint density at radius 2 is 2.10 bits per heavy atom. The molecule has 0 spiro atoms. The third-order valence-corrected chi connectivity index (χ3v) is 2.90. The molecule has 8 nitrogen and oxygen atoms in total. The Hall–Kier alpha value is -2.77. The maximum Gasteiger partial charge on any atom is 0.313 e. The average molecular weight is 272 g/mol. The molecule has 3 aromatic rings. The summed E-state index contributed by atoms with van der Waals surface area (Å²) in [5.74, 6) is 0.421. The van der Waals surface area contributed by atoms with Gasteiger partial charge in [-0.3, -0.25) is 9.48 Å². The molecule has 0 saturated carbocycles. The number of ether oxygens (including phenoxy) is 1. The van der Waals surface area contributed by atoms with Gasteiger partial charge in [0, 0.05) is 19.4 Å². The molecule has 0 aliphatic rings. The van der Waals surface area contributed by atoms with Gasteiger partial charge in [0.1, 0.15) is 6.42 Å². The van der Waals surface area contributed by atoms with Crippen LogP contribution in [0.3, 0.4) is 0 Å². The van der Waals surface area contributed by atoms with Gasteiger partial charge in [0.25, 0.3) is 5.78 Å². The van der Waals surface area contributed by atoms with Crippen molar-refractivity contribution in [2.45, 2.75) is 6.42 Å². The molecule has 0 saturated heterocycles. The SMILES string of the molecule is COC(=O)Cc1nc2nccc(-c3ccnn3C)n2n1. The highest BCUT2D eigenvalue weighted by atomic mass is 16.5. The smallest absolute Gasteiger partial charge is 0.313 e. The number of hydrogen-bond acceptors (Lipinski definition) is 6. The van der Waals surface area contributed by atoms with Crippen LogP contribution in [0.5, 0.6) is 0 Å². The summed E-state index contributed by atoms with van der Waals surface area (Å²) in [6, 6.07) is 3.69. The minimum Gasteiger partial charge on any atom is -0.469 e. The summed E-state index contributed by atoms with van der Waals surface area (Å²) in [7, 11) is 3.17. The second-order valence-corrected chi connectivity index (χ2v) is 4.16. The number of hydrogen-bond donors (Lipinski definition) is 0. The molecule has 0 unspecified atom stereocenters. The van der Waals surface area contributed by atoms with Crippen LogP contribution in [-0.2, 0) is 23.0 Å². The van der Waals surface area contributed by atoms with Crippen molar-refractivity contribution in [2.24, 2.45) is 7.05 Å². The van der Waals surface area contributed by atoms with Crippen LogP contribution in [0, 0.1) is 0 Å². The molecule has 0 aromatic carbocycles. The molecule has 0 aliphatic heterocycles. The molecule has 0 fully saturated rings. The molecular weight excluding hydrogens is 260 g/mol. The molecule has 20 heavy (non-hydrogen) atoms. The number of carbonyl (C=O) groups excluding carboxylic acids is 1. The Labute approximate surface area is 114 Å². The molecule has 8 heteroatoms. The second-order valence-electron chi connectivity index (χ2n) is 4.16. The van der Waals surface area contributed by atoms with Gasteiger partial charge in [-0.1, -0.05) is 0 Å². The second kappa shape index (κ2) is 4.72. The summed E-state index contributed by atoms with van der Waals surface area (Å²) < 4.78 is 7.93. The van der Waals surface area contributed by atoms with Crippen molar-refractivity contribution in [3.05, 3.63) is 30.4 Å². The van der Waals surface area contributed by atoms with Crippen molar-refractivity contribution in [3.8, 4) is 11.4 Å². The van der Waals surface area contributed by atoms with E-state index in [-0.39, 0.29) is 12.4 Å². The van der Waals surface area contributed by atoms with Crippen molar-refractivity contribution in [3.63, 3.8) is 0 Å². The van der Waals surface area contributed by atoms with Gasteiger partial charge in [-0.05, 0) is 12.1 Å². The molecule has 0 atom stereocenters. The van der Waals surface area contributed by atoms with Gasteiger partial charge in [-0.2, -0.15) is 14.6 Å². The Kier molecular flexibility index (Phi) is 2.90. The first-order valence-electron chi connectivity index (χ1n) is 5.95. The normalized spacial score (nSPS) is 10.9. The lowest BCUT2D eigenvalue weighted by Crippen LogP contribution is -2.06. The Morgan fingerprint density at radius 1 is 1.30 bits per heavy atom. The predicted octanol–water partition coefficient (Wildman–Crippen LogP) is 0.240. The van der Waals surface area contributed by atoms with Gasteiger partial charge < -0.3 is 4.74 Å². The first kappa shape index (κ1) is 12.3. The van der Waals surface area contributed by atoms with Gasteiger partial charge >= 0.3 is 5.97 Å². The minimum absolute atomic E-state index is 0.0185. The maximum absolute atomic E-state index is 11.3. The van der Waals surface area contributed by atoms with E-state index >= 15 is 0 Å². The Morgan fingerprint density at radius 3 is 2.80 bits per heavy atom. The van der Waals surface area contributed by atoms with E-state index in [0.29, 0.717) is 11.6 Å². The van der Waals surface area contributed by atoms with Crippen molar-refractivity contribution in [1.82, 2.24) is 29.4 Å². The first-order valence-corrected chi connectivity index (χ1v) is 5.95. The summed E-state index contributed by atoms with van der Waals surface area (Å²) >= 11 is 0. The van der Waals surface area contributed by atoms with E-state index in [4.69, 9.17) is 0 Å². The van der Waals surface area contributed by atoms with Gasteiger partial charge in [-0.15, -0.1) is 5.10 Å². The van der Waals surface area contributed by atoms with E-state index in [2.05, 4.69) is 24.9 Å². The molecule has 0 amide bonds. The molecule has 102 valence electrons. The van der Waals surface area contributed by atoms with E-state index in [1.165, 1.54) is 7.11 Å². The van der Waals surface area contributed by atoms with Gasteiger partial charge in [-0.25, -0.2) is 4.98 Å². The zero-order valence-electron chi connectivity index (χ0n) is 11.0. The van der Waals surface area contributed by atoms with Crippen LogP contribution in [0.25, 0.3) is 17.2 Å². The topological polar surface area (TPSA) is 87.2 Å². The van der Waals surface area contributed by atoms with Gasteiger partial charge in [0.05, 0.1) is 18.5 Å². The molecule has 3 heterocycles. The first-order chi connectivity index (χ1) is 9.69. The third kappa shape index (κ3) is 2.00. The van der Waals surface area contributed by atoms with Crippen LogP contribution in [0.4, 0.5) is 0 Å². The largest absolute Gasteiger partial charge is 0.469 e. The highest BCUT2D eigenvalue weighted by Crippen LogP contribution is 2.17. The standard InChI is InChI=1S/C12H12N6O2/c1-17-8(4-6-14-17)9-3-5-13-12-15-10(16-18(9)12)7-11(19)20-2/h3-6H,7H2,1-2H3. The highest BCUT2D eigenvalue weighted by molar-refractivity contribution is 5.71. The van der Waals surface area contributed by atoms with Crippen LogP contribution in [-0.4, -0.2) is 42.4 Å². The summed E-state index contributed by atoms with van der Waals surface area (Å²) in [5.41, 5.74) is 1.69. The lowest BCUT2D eigenvalue weighted by molar-refractivity contribution is -0.139. The predicted molar refractivity (Wildman–Crippen MR) is 68.7 cm³/mol. The quantitative estimate of drug-likeness (QED) is 0.635. The number of fused-ring (bicyclic) bond motifs is 1. The fourth-order valence-electron chi connectivity index (χ4n) is 1.93. The van der Waals surface area contributed by atoms with Crippen LogP contribution < -0.4 is 0 Å². The number of nitrogens with zero attached hydrogens (tertiary/aromatic N) is 6. The van der Waals surface area contributed by atoms with Crippen LogP contribution in [0.1, 0.15) is 5.82 Å². The monoisotopic (exact) mass is 272 g/mol. The molecule has 0 bridgehead atoms. The van der Waals surface area contributed by atoms with Gasteiger partial charge in [0.2, 0.25) is 0 Å². The van der Waals surface area contributed by atoms with E-state index in [1.54, 1.807) is 21.6 Å². The number of methoxy groups -OCH3 is 1. The number of aryl methyl sites for hydroxylation is 1. The third-order valence-electron chi connectivity index (χ3n) is 2.90. The summed E-state index contributed by atoms with van der Waals surface area (Å²) in [4.78, 5) is 19.6. The number of rotatable bonds is 3. The zero-order chi connectivity index (χ0) is 14.1. The van der Waals surface area contributed by atoms with Crippen LogP contribution >= 0.6 is 0 Å². The van der Waals surface area contributed by atoms with Crippen molar-refractivity contribution in [1.29, 1.82) is 0 Å². The van der Waals surface area contributed by atoms with Crippen molar-refractivity contribution >= 4 is 11.7 Å². The minimum atomic E-state index is -0.386. The van der Waals surface area contributed by atoms with Crippen LogP contribution in [0.15, 0.2) is 24.5 Å². The number of aromatic nitrogens is 6. The molecule has 0 radical (unpaired) electrons. The maximum atomic E-state index is 11.3. The molecule has 3 aromatic heterocycles. The molecule has 3 rings (SSSR count). The van der Waals surface area contributed by atoms with Crippen molar-refractivity contribution < 1.29 is 9.53 Å². The zero-order valence-corrected chi connectivity index (χ0v) is 11.0. The average Bonchev–Trinajstić information content (AvgIpc) is 3.03. The lowest BCUT2D eigenvalue weighted by atomic mass is 10.3. The van der Waals surface area contributed by atoms with E-state index in [0.717, 1.165) is 11.4 Å². The number of carbonyl (C=O) groups is 1. The van der Waals surface area contributed by atoms with Crippen molar-refractivity contribution in [2.75, 3.05) is 7.11 Å². The summed E-state index contributed by atoms with van der Waals surface area (Å²) in [6.45, 7) is 0. The van der Waals surface area contributed by atoms with Gasteiger partial charge in [0.15, 0.2) is 5.82 Å². The summed E-state index contributed by atoms with van der Waals surface area (Å²) in [6.07, 6.45) is 3.37. The number of esters is 1. The Bertz CT molecular complexity index is 775. The fraction of sp³-hybridized carbons (Fsp3) is 0.250. The van der Waals surface area contributed by atoms with E-state index in [1.807, 2.05) is 19.2 Å². The fourth-order valence-corrected chi connectivity index (χ4v) is 1.93. The molecule has 0 N–H and O–H groups in total. The van der Waals surface area contributed by atoms with E-state index in [9.17, 15) is 4.79 Å².